The summed E-state index contributed by atoms with van der Waals surface area (Å²) in [4.78, 5) is 26.5. The van der Waals surface area contributed by atoms with Gasteiger partial charge in [0.2, 0.25) is 0 Å². The maximum Gasteiger partial charge on any atom is 0.410 e. The van der Waals surface area contributed by atoms with E-state index in [9.17, 15) is 9.59 Å². The van der Waals surface area contributed by atoms with Crippen LogP contribution < -0.4 is 0 Å². The molecule has 5 heteroatoms. The Labute approximate surface area is 178 Å². The highest BCUT2D eigenvalue weighted by molar-refractivity contribution is 5.83. The SMILES string of the molecule is COC(=O)C(c1ccccc1)c1cccc(C2=CCN(C(=O)OC(C)(C)C)CC2)c1. The number of carbonyl (C=O) groups is 2. The van der Waals surface area contributed by atoms with Crippen LogP contribution >= 0.6 is 0 Å². The summed E-state index contributed by atoms with van der Waals surface area (Å²) in [5.41, 5.74) is 3.50. The minimum absolute atomic E-state index is 0.285. The second-order valence-electron chi connectivity index (χ2n) is 8.40. The molecule has 0 radical (unpaired) electrons. The molecule has 2 aromatic rings. The van der Waals surface area contributed by atoms with E-state index in [0.29, 0.717) is 13.1 Å². The Morgan fingerprint density at radius 2 is 1.70 bits per heavy atom. The molecule has 0 aliphatic carbocycles. The number of nitrogens with zero attached hydrogens (tertiary/aromatic N) is 1. The predicted molar refractivity (Wildman–Crippen MR) is 117 cm³/mol. The van der Waals surface area contributed by atoms with Gasteiger partial charge in [-0.2, -0.15) is 0 Å². The molecule has 0 saturated heterocycles. The van der Waals surface area contributed by atoms with Gasteiger partial charge in [-0.05, 0) is 49.5 Å². The molecule has 1 aliphatic heterocycles. The summed E-state index contributed by atoms with van der Waals surface area (Å²) in [5, 5.41) is 0. The molecule has 0 fully saturated rings. The maximum atomic E-state index is 12.5. The van der Waals surface area contributed by atoms with E-state index in [2.05, 4.69) is 6.08 Å². The predicted octanol–water partition coefficient (Wildman–Crippen LogP) is 5.02. The molecule has 3 rings (SSSR count). The van der Waals surface area contributed by atoms with Gasteiger partial charge in [-0.25, -0.2) is 4.79 Å². The highest BCUT2D eigenvalue weighted by atomic mass is 16.6. The van der Waals surface area contributed by atoms with E-state index in [1.807, 2.05) is 75.4 Å². The Balaban J connectivity index is 1.81. The Kier molecular flexibility index (Phi) is 6.60. The summed E-state index contributed by atoms with van der Waals surface area (Å²) in [7, 11) is 1.41. The highest BCUT2D eigenvalue weighted by Gasteiger charge is 2.26. The van der Waals surface area contributed by atoms with Crippen LogP contribution in [-0.2, 0) is 14.3 Å². The zero-order valence-corrected chi connectivity index (χ0v) is 18.1. The molecule has 158 valence electrons. The van der Waals surface area contributed by atoms with E-state index >= 15 is 0 Å². The van der Waals surface area contributed by atoms with Gasteiger partial charge in [0, 0.05) is 13.1 Å². The largest absolute Gasteiger partial charge is 0.468 e. The second-order valence-corrected chi connectivity index (χ2v) is 8.40. The third-order valence-corrected chi connectivity index (χ3v) is 5.02. The first-order valence-corrected chi connectivity index (χ1v) is 10.2. The third kappa shape index (κ3) is 5.29. The number of benzene rings is 2. The molecule has 1 amide bonds. The van der Waals surface area contributed by atoms with E-state index in [1.165, 1.54) is 7.11 Å². The number of rotatable bonds is 4. The van der Waals surface area contributed by atoms with Gasteiger partial charge < -0.3 is 14.4 Å². The Bertz CT molecular complexity index is 928. The second kappa shape index (κ2) is 9.16. The molecule has 30 heavy (non-hydrogen) atoms. The number of methoxy groups -OCH3 is 1. The van der Waals surface area contributed by atoms with Crippen molar-refractivity contribution in [3.05, 3.63) is 77.4 Å². The minimum atomic E-state index is -0.504. The summed E-state index contributed by atoms with van der Waals surface area (Å²) >= 11 is 0. The molecule has 1 aliphatic rings. The van der Waals surface area contributed by atoms with Crippen LogP contribution in [0, 0.1) is 0 Å². The summed E-state index contributed by atoms with van der Waals surface area (Å²) < 4.78 is 10.5. The van der Waals surface area contributed by atoms with Crippen molar-refractivity contribution in [1.82, 2.24) is 4.90 Å². The van der Waals surface area contributed by atoms with Gasteiger partial charge in [-0.1, -0.05) is 60.7 Å². The fourth-order valence-electron chi connectivity index (χ4n) is 3.57. The maximum absolute atomic E-state index is 12.5. The first-order chi connectivity index (χ1) is 14.3. The van der Waals surface area contributed by atoms with Crippen LogP contribution in [0.3, 0.4) is 0 Å². The average Bonchev–Trinajstić information content (AvgIpc) is 2.74. The summed E-state index contributed by atoms with van der Waals surface area (Å²) in [6.45, 7) is 6.71. The zero-order valence-electron chi connectivity index (χ0n) is 18.1. The molecule has 1 atom stereocenters. The number of amides is 1. The van der Waals surface area contributed by atoms with E-state index in [0.717, 1.165) is 28.7 Å². The van der Waals surface area contributed by atoms with Crippen LogP contribution in [0.4, 0.5) is 4.79 Å². The normalized spacial score (nSPS) is 15.2. The average molecular weight is 408 g/mol. The highest BCUT2D eigenvalue weighted by Crippen LogP contribution is 2.30. The molecular formula is C25H29NO4. The number of hydrogen-bond donors (Lipinski definition) is 0. The Hall–Kier alpha value is -3.08. The van der Waals surface area contributed by atoms with Crippen LogP contribution in [-0.4, -0.2) is 42.8 Å². The summed E-state index contributed by atoms with van der Waals surface area (Å²) in [5.74, 6) is -0.759. The van der Waals surface area contributed by atoms with Gasteiger partial charge in [0.1, 0.15) is 11.5 Å². The lowest BCUT2D eigenvalue weighted by atomic mass is 9.88. The van der Waals surface area contributed by atoms with Crippen molar-refractivity contribution in [1.29, 1.82) is 0 Å². The van der Waals surface area contributed by atoms with Crippen LogP contribution in [0.15, 0.2) is 60.7 Å². The Morgan fingerprint density at radius 3 is 2.30 bits per heavy atom. The van der Waals surface area contributed by atoms with Gasteiger partial charge in [0.25, 0.3) is 0 Å². The van der Waals surface area contributed by atoms with Gasteiger partial charge in [-0.3, -0.25) is 4.79 Å². The fraction of sp³-hybridized carbons (Fsp3) is 0.360. The topological polar surface area (TPSA) is 55.8 Å². The minimum Gasteiger partial charge on any atom is -0.468 e. The van der Waals surface area contributed by atoms with Crippen LogP contribution in [0.2, 0.25) is 0 Å². The van der Waals surface area contributed by atoms with Crippen molar-refractivity contribution < 1.29 is 19.1 Å². The standard InChI is InChI=1S/C25H29NO4/c1-25(2,3)30-24(28)26-15-13-18(14-16-26)20-11-8-12-21(17-20)22(23(27)29-4)19-9-6-5-7-10-19/h5-13,17,22H,14-16H2,1-4H3. The van der Waals surface area contributed by atoms with Gasteiger partial charge in [0.05, 0.1) is 7.11 Å². The number of ether oxygens (including phenoxy) is 2. The molecule has 0 aromatic heterocycles. The number of esters is 1. The van der Waals surface area contributed by atoms with Crippen molar-refractivity contribution >= 4 is 17.6 Å². The van der Waals surface area contributed by atoms with E-state index in [1.54, 1.807) is 4.90 Å². The number of hydrogen-bond acceptors (Lipinski definition) is 4. The van der Waals surface area contributed by atoms with Crippen LogP contribution in [0.1, 0.15) is 49.8 Å². The zero-order chi connectivity index (χ0) is 21.7. The molecular weight excluding hydrogens is 378 g/mol. The molecule has 1 unspecified atom stereocenters. The first kappa shape index (κ1) is 21.6. The van der Waals surface area contributed by atoms with Gasteiger partial charge >= 0.3 is 12.1 Å². The van der Waals surface area contributed by atoms with Crippen LogP contribution in [0.5, 0.6) is 0 Å². The van der Waals surface area contributed by atoms with Gasteiger partial charge in [0.15, 0.2) is 0 Å². The molecule has 1 heterocycles. The lowest BCUT2D eigenvalue weighted by molar-refractivity contribution is -0.141. The van der Waals surface area contributed by atoms with Gasteiger partial charge in [-0.15, -0.1) is 0 Å². The van der Waals surface area contributed by atoms with Crippen molar-refractivity contribution in [2.75, 3.05) is 20.2 Å². The summed E-state index contributed by atoms with van der Waals surface area (Å²) in [6.07, 6.45) is 2.50. The van der Waals surface area contributed by atoms with E-state index in [-0.39, 0.29) is 12.1 Å². The fourth-order valence-corrected chi connectivity index (χ4v) is 3.57. The third-order valence-electron chi connectivity index (χ3n) is 5.02. The molecule has 0 spiro atoms. The summed E-state index contributed by atoms with van der Waals surface area (Å²) in [6, 6.07) is 17.6. The first-order valence-electron chi connectivity index (χ1n) is 10.2. The Morgan fingerprint density at radius 1 is 1.00 bits per heavy atom. The van der Waals surface area contributed by atoms with E-state index in [4.69, 9.17) is 9.47 Å². The molecule has 0 N–H and O–H groups in total. The number of carbonyl (C=O) groups excluding carboxylic acids is 2. The lowest BCUT2D eigenvalue weighted by Gasteiger charge is -2.29. The molecule has 0 saturated carbocycles. The van der Waals surface area contributed by atoms with E-state index < -0.39 is 11.5 Å². The monoisotopic (exact) mass is 407 g/mol. The van der Waals surface area contributed by atoms with Crippen molar-refractivity contribution in [2.24, 2.45) is 0 Å². The van der Waals surface area contributed by atoms with Crippen molar-refractivity contribution in [3.8, 4) is 0 Å². The molecule has 5 nitrogen and oxygen atoms in total. The quantitative estimate of drug-likeness (QED) is 0.668. The smallest absolute Gasteiger partial charge is 0.410 e. The van der Waals surface area contributed by atoms with Crippen molar-refractivity contribution in [3.63, 3.8) is 0 Å². The molecule has 2 aromatic carbocycles. The molecule has 0 bridgehead atoms. The van der Waals surface area contributed by atoms with Crippen LogP contribution in [0.25, 0.3) is 5.57 Å². The lowest BCUT2D eigenvalue weighted by Crippen LogP contribution is -2.39. The van der Waals surface area contributed by atoms with Crippen molar-refractivity contribution in [2.45, 2.75) is 38.7 Å².